The van der Waals surface area contributed by atoms with Crippen molar-refractivity contribution in [3.8, 4) is 17.4 Å². The number of aromatic nitrogens is 1. The predicted octanol–water partition coefficient (Wildman–Crippen LogP) is 2.28. The number of aliphatic hydroxyl groups is 1. The number of nitro groups is 1. The lowest BCUT2D eigenvalue weighted by Gasteiger charge is -2.07. The molecule has 2 rings (SSSR count). The number of pyridine rings is 1. The van der Waals surface area contributed by atoms with Crippen LogP contribution in [-0.4, -0.2) is 22.1 Å². The number of benzene rings is 1. The van der Waals surface area contributed by atoms with Crippen molar-refractivity contribution < 1.29 is 19.5 Å². The largest absolute Gasteiger partial charge is 0.497 e. The molecular weight excluding hydrogens is 264 g/mol. The van der Waals surface area contributed by atoms with Gasteiger partial charge >= 0.3 is 5.69 Å². The second-order valence-electron chi connectivity index (χ2n) is 3.86. The number of hydrogen-bond donors (Lipinski definition) is 1. The summed E-state index contributed by atoms with van der Waals surface area (Å²) in [6.07, 6.45) is 1.43. The molecule has 0 aliphatic heterocycles. The molecule has 1 aromatic heterocycles. The van der Waals surface area contributed by atoms with Crippen LogP contribution in [0.4, 0.5) is 5.69 Å². The maximum Gasteiger partial charge on any atom is 0.311 e. The van der Waals surface area contributed by atoms with Gasteiger partial charge in [0.25, 0.3) is 0 Å². The molecule has 1 N–H and O–H groups in total. The van der Waals surface area contributed by atoms with Crippen LogP contribution in [0.2, 0.25) is 0 Å². The average molecular weight is 276 g/mol. The minimum atomic E-state index is -0.545. The standard InChI is InChI=1S/C13H12N2O5/c1-19-10-3-4-11(15(17)18)12(6-10)20-13-5-2-9(8-16)7-14-13/h2-7,16H,8H2,1H3. The summed E-state index contributed by atoms with van der Waals surface area (Å²) in [6, 6.07) is 7.34. The van der Waals surface area contributed by atoms with Crippen LogP contribution in [0.25, 0.3) is 0 Å². The van der Waals surface area contributed by atoms with Gasteiger partial charge in [0.1, 0.15) is 5.75 Å². The van der Waals surface area contributed by atoms with Crippen LogP contribution in [0.5, 0.6) is 17.4 Å². The Hall–Kier alpha value is -2.67. The molecule has 20 heavy (non-hydrogen) atoms. The number of aliphatic hydroxyl groups excluding tert-OH is 1. The van der Waals surface area contributed by atoms with Crippen LogP contribution >= 0.6 is 0 Å². The molecule has 0 amide bonds. The van der Waals surface area contributed by atoms with E-state index in [1.807, 2.05) is 0 Å². The Labute approximate surface area is 114 Å². The Morgan fingerprint density at radius 1 is 1.35 bits per heavy atom. The van der Waals surface area contributed by atoms with Crippen LogP contribution < -0.4 is 9.47 Å². The van der Waals surface area contributed by atoms with Gasteiger partial charge in [0.2, 0.25) is 11.6 Å². The molecule has 0 radical (unpaired) electrons. The van der Waals surface area contributed by atoms with Gasteiger partial charge in [-0.2, -0.15) is 0 Å². The zero-order valence-corrected chi connectivity index (χ0v) is 10.6. The number of ether oxygens (including phenoxy) is 2. The van der Waals surface area contributed by atoms with E-state index in [2.05, 4.69) is 4.98 Å². The summed E-state index contributed by atoms with van der Waals surface area (Å²) in [7, 11) is 1.46. The second-order valence-corrected chi connectivity index (χ2v) is 3.86. The molecular formula is C13H12N2O5. The van der Waals surface area contributed by atoms with Gasteiger partial charge in [-0.1, -0.05) is 0 Å². The minimum absolute atomic E-state index is 0.0404. The third-order valence-corrected chi connectivity index (χ3v) is 2.56. The van der Waals surface area contributed by atoms with Crippen molar-refractivity contribution in [3.63, 3.8) is 0 Å². The van der Waals surface area contributed by atoms with Crippen LogP contribution in [0.3, 0.4) is 0 Å². The predicted molar refractivity (Wildman–Crippen MR) is 69.9 cm³/mol. The van der Waals surface area contributed by atoms with Gasteiger partial charge < -0.3 is 14.6 Å². The fourth-order valence-corrected chi connectivity index (χ4v) is 1.53. The van der Waals surface area contributed by atoms with E-state index in [9.17, 15) is 10.1 Å². The number of nitrogens with zero attached hydrogens (tertiary/aromatic N) is 2. The summed E-state index contributed by atoms with van der Waals surface area (Å²) in [5.74, 6) is 0.676. The molecule has 7 nitrogen and oxygen atoms in total. The first-order valence-corrected chi connectivity index (χ1v) is 5.70. The Bertz CT molecular complexity index is 613. The van der Waals surface area contributed by atoms with Crippen molar-refractivity contribution in [2.24, 2.45) is 0 Å². The fraction of sp³-hybridized carbons (Fsp3) is 0.154. The van der Waals surface area contributed by atoms with E-state index in [-0.39, 0.29) is 23.9 Å². The highest BCUT2D eigenvalue weighted by Crippen LogP contribution is 2.33. The molecule has 0 bridgehead atoms. The van der Waals surface area contributed by atoms with Gasteiger partial charge in [-0.05, 0) is 17.7 Å². The quantitative estimate of drug-likeness (QED) is 0.665. The van der Waals surface area contributed by atoms with Gasteiger partial charge in [-0.3, -0.25) is 10.1 Å². The van der Waals surface area contributed by atoms with E-state index >= 15 is 0 Å². The highest BCUT2D eigenvalue weighted by molar-refractivity contribution is 5.51. The van der Waals surface area contributed by atoms with E-state index in [1.54, 1.807) is 6.07 Å². The molecule has 0 unspecified atom stereocenters. The summed E-state index contributed by atoms with van der Waals surface area (Å²) >= 11 is 0. The lowest BCUT2D eigenvalue weighted by atomic mass is 10.2. The molecule has 0 fully saturated rings. The Kier molecular flexibility index (Phi) is 4.11. The van der Waals surface area contributed by atoms with Crippen LogP contribution in [0, 0.1) is 10.1 Å². The topological polar surface area (TPSA) is 94.7 Å². The number of rotatable bonds is 5. The van der Waals surface area contributed by atoms with Crippen molar-refractivity contribution in [2.45, 2.75) is 6.61 Å². The van der Waals surface area contributed by atoms with E-state index in [0.29, 0.717) is 11.3 Å². The Morgan fingerprint density at radius 2 is 2.15 bits per heavy atom. The van der Waals surface area contributed by atoms with E-state index in [0.717, 1.165) is 0 Å². The second kappa shape index (κ2) is 5.98. The van der Waals surface area contributed by atoms with Crippen LogP contribution in [0.15, 0.2) is 36.5 Å². The van der Waals surface area contributed by atoms with Crippen molar-refractivity contribution in [1.29, 1.82) is 0 Å². The molecule has 1 aromatic carbocycles. The monoisotopic (exact) mass is 276 g/mol. The van der Waals surface area contributed by atoms with Gasteiger partial charge in [-0.15, -0.1) is 0 Å². The van der Waals surface area contributed by atoms with E-state index in [4.69, 9.17) is 14.6 Å². The van der Waals surface area contributed by atoms with E-state index < -0.39 is 4.92 Å². The van der Waals surface area contributed by atoms with Gasteiger partial charge in [-0.25, -0.2) is 4.98 Å². The molecule has 7 heteroatoms. The molecule has 104 valence electrons. The summed E-state index contributed by atoms with van der Waals surface area (Å²) in [5, 5.41) is 19.9. The zero-order chi connectivity index (χ0) is 14.5. The van der Waals surface area contributed by atoms with Crippen molar-refractivity contribution in [2.75, 3.05) is 7.11 Å². The number of methoxy groups -OCH3 is 1. The fourth-order valence-electron chi connectivity index (χ4n) is 1.53. The Balaban J connectivity index is 2.32. The summed E-state index contributed by atoms with van der Waals surface area (Å²) in [5.41, 5.74) is 0.441. The third-order valence-electron chi connectivity index (χ3n) is 2.56. The first-order chi connectivity index (χ1) is 9.63. The first kappa shape index (κ1) is 13.8. The van der Waals surface area contributed by atoms with Gasteiger partial charge in [0.05, 0.1) is 18.6 Å². The highest BCUT2D eigenvalue weighted by atomic mass is 16.6. The van der Waals surface area contributed by atoms with Crippen molar-refractivity contribution >= 4 is 5.69 Å². The lowest BCUT2D eigenvalue weighted by Crippen LogP contribution is -1.96. The molecule has 2 aromatic rings. The highest BCUT2D eigenvalue weighted by Gasteiger charge is 2.17. The van der Waals surface area contributed by atoms with Gasteiger partial charge in [0, 0.05) is 24.4 Å². The summed E-state index contributed by atoms with van der Waals surface area (Å²) in [6.45, 7) is -0.132. The first-order valence-electron chi connectivity index (χ1n) is 5.70. The maximum atomic E-state index is 10.9. The maximum absolute atomic E-state index is 10.9. The third kappa shape index (κ3) is 3.01. The number of hydrogen-bond acceptors (Lipinski definition) is 6. The smallest absolute Gasteiger partial charge is 0.311 e. The van der Waals surface area contributed by atoms with Crippen LogP contribution in [0.1, 0.15) is 5.56 Å². The van der Waals surface area contributed by atoms with Crippen LogP contribution in [-0.2, 0) is 6.61 Å². The molecule has 0 saturated carbocycles. The molecule has 0 spiro atoms. The SMILES string of the molecule is COc1ccc([N+](=O)[O-])c(Oc2ccc(CO)cn2)c1. The molecule has 1 heterocycles. The van der Waals surface area contributed by atoms with Gasteiger partial charge in [0.15, 0.2) is 0 Å². The number of nitro benzene ring substituents is 1. The Morgan fingerprint density at radius 3 is 2.70 bits per heavy atom. The normalized spacial score (nSPS) is 10.1. The zero-order valence-electron chi connectivity index (χ0n) is 10.6. The molecule has 0 aliphatic carbocycles. The van der Waals surface area contributed by atoms with Crippen molar-refractivity contribution in [1.82, 2.24) is 4.98 Å². The molecule has 0 aliphatic rings. The molecule has 0 atom stereocenters. The lowest BCUT2D eigenvalue weighted by molar-refractivity contribution is -0.385. The summed E-state index contributed by atoms with van der Waals surface area (Å²) < 4.78 is 10.4. The van der Waals surface area contributed by atoms with Crippen molar-refractivity contribution in [3.05, 3.63) is 52.2 Å². The minimum Gasteiger partial charge on any atom is -0.497 e. The average Bonchev–Trinajstić information content (AvgIpc) is 2.47. The molecule has 0 saturated heterocycles. The summed E-state index contributed by atoms with van der Waals surface area (Å²) in [4.78, 5) is 14.4. The van der Waals surface area contributed by atoms with E-state index in [1.165, 1.54) is 37.6 Å².